The van der Waals surface area contributed by atoms with Gasteiger partial charge in [0.2, 0.25) is 6.08 Å². The summed E-state index contributed by atoms with van der Waals surface area (Å²) < 4.78 is 6.14. The van der Waals surface area contributed by atoms with Gasteiger partial charge < -0.3 is 4.74 Å². The maximum atomic E-state index is 9.93. The molecule has 0 saturated carbocycles. The van der Waals surface area contributed by atoms with E-state index < -0.39 is 0 Å². The molecule has 13 heavy (non-hydrogen) atoms. The van der Waals surface area contributed by atoms with Crippen LogP contribution < -0.4 is 0 Å². The molecule has 1 aromatic carbocycles. The van der Waals surface area contributed by atoms with E-state index in [-0.39, 0.29) is 12.3 Å². The maximum absolute atomic E-state index is 9.93. The summed E-state index contributed by atoms with van der Waals surface area (Å²) in [5, 5.41) is 0. The van der Waals surface area contributed by atoms with E-state index in [1.165, 1.54) is 6.08 Å². The number of isocyanates is 1. The van der Waals surface area contributed by atoms with Crippen LogP contribution in [-0.2, 0) is 9.53 Å². The van der Waals surface area contributed by atoms with E-state index in [4.69, 9.17) is 4.74 Å². The second kappa shape index (κ2) is 3.42. The van der Waals surface area contributed by atoms with E-state index in [0.717, 1.165) is 10.0 Å². The Morgan fingerprint density at radius 3 is 2.92 bits per heavy atom. The van der Waals surface area contributed by atoms with E-state index in [1.54, 1.807) is 0 Å². The van der Waals surface area contributed by atoms with Crippen LogP contribution in [0.2, 0.25) is 0 Å². The standard InChI is InChI=1S/C9H6BrNO2/c10-7-4-2-1-3-6(7)8-9(13-8)11-5-12/h1-4,8-9H. The predicted octanol–water partition coefficient (Wildman–Crippen LogP) is 2.18. The third-order valence-corrected chi connectivity index (χ3v) is 2.58. The second-order valence-corrected chi connectivity index (χ2v) is 3.54. The molecule has 0 N–H and O–H groups in total. The van der Waals surface area contributed by atoms with Crippen LogP contribution in [0.4, 0.5) is 0 Å². The van der Waals surface area contributed by atoms with Crippen LogP contribution in [-0.4, -0.2) is 12.3 Å². The number of epoxide rings is 1. The number of hydrogen-bond donors (Lipinski definition) is 0. The fraction of sp³-hybridized carbons (Fsp3) is 0.222. The number of nitrogens with zero attached hydrogens (tertiary/aromatic N) is 1. The van der Waals surface area contributed by atoms with Crippen LogP contribution in [0, 0.1) is 0 Å². The van der Waals surface area contributed by atoms with Crippen molar-refractivity contribution in [2.45, 2.75) is 12.3 Å². The quantitative estimate of drug-likeness (QED) is 0.451. The lowest BCUT2D eigenvalue weighted by Gasteiger charge is -1.97. The van der Waals surface area contributed by atoms with E-state index in [0.29, 0.717) is 0 Å². The molecule has 1 fully saturated rings. The summed E-state index contributed by atoms with van der Waals surface area (Å²) in [6.45, 7) is 0. The first-order chi connectivity index (χ1) is 6.33. The summed E-state index contributed by atoms with van der Waals surface area (Å²) in [4.78, 5) is 13.4. The van der Waals surface area contributed by atoms with E-state index in [1.807, 2.05) is 24.3 Å². The Morgan fingerprint density at radius 2 is 2.23 bits per heavy atom. The van der Waals surface area contributed by atoms with Gasteiger partial charge in [-0.1, -0.05) is 34.1 Å². The van der Waals surface area contributed by atoms with Crippen LogP contribution >= 0.6 is 15.9 Å². The first-order valence-corrected chi connectivity index (χ1v) is 4.59. The van der Waals surface area contributed by atoms with Gasteiger partial charge >= 0.3 is 0 Å². The molecule has 0 radical (unpaired) electrons. The molecular formula is C9H6BrNO2. The van der Waals surface area contributed by atoms with Crippen LogP contribution in [0.1, 0.15) is 11.7 Å². The lowest BCUT2D eigenvalue weighted by molar-refractivity contribution is 0.377. The van der Waals surface area contributed by atoms with Gasteiger partial charge in [0.05, 0.1) is 0 Å². The Kier molecular flexibility index (Phi) is 2.27. The van der Waals surface area contributed by atoms with Gasteiger partial charge in [-0.25, -0.2) is 4.79 Å². The van der Waals surface area contributed by atoms with Crippen LogP contribution in [0.15, 0.2) is 33.7 Å². The van der Waals surface area contributed by atoms with Gasteiger partial charge in [-0.05, 0) is 11.6 Å². The summed E-state index contributed by atoms with van der Waals surface area (Å²) in [6, 6.07) is 7.71. The third-order valence-electron chi connectivity index (χ3n) is 1.86. The van der Waals surface area contributed by atoms with Crippen molar-refractivity contribution in [1.82, 2.24) is 0 Å². The Hall–Kier alpha value is -0.960. The van der Waals surface area contributed by atoms with Crippen LogP contribution in [0.3, 0.4) is 0 Å². The molecular weight excluding hydrogens is 234 g/mol. The zero-order valence-corrected chi connectivity index (χ0v) is 8.19. The molecule has 1 aromatic rings. The summed E-state index contributed by atoms with van der Waals surface area (Å²) in [5.74, 6) is 0. The monoisotopic (exact) mass is 239 g/mol. The van der Waals surface area contributed by atoms with Crippen LogP contribution in [0.25, 0.3) is 0 Å². The summed E-state index contributed by atoms with van der Waals surface area (Å²) in [7, 11) is 0. The average molecular weight is 240 g/mol. The first-order valence-electron chi connectivity index (χ1n) is 3.80. The molecule has 1 heterocycles. The van der Waals surface area contributed by atoms with Gasteiger partial charge in [-0.15, -0.1) is 0 Å². The van der Waals surface area contributed by atoms with E-state index >= 15 is 0 Å². The molecule has 2 rings (SSSR count). The zero-order valence-electron chi connectivity index (χ0n) is 6.61. The molecule has 2 atom stereocenters. The number of hydrogen-bond acceptors (Lipinski definition) is 3. The normalized spacial score (nSPS) is 25.0. The smallest absolute Gasteiger partial charge is 0.237 e. The maximum Gasteiger partial charge on any atom is 0.237 e. The molecule has 0 aliphatic carbocycles. The molecule has 66 valence electrons. The molecule has 1 aliphatic heterocycles. The molecule has 0 amide bonds. The SMILES string of the molecule is O=C=NC1OC1c1ccccc1Br. The zero-order chi connectivity index (χ0) is 9.26. The topological polar surface area (TPSA) is 42.0 Å². The van der Waals surface area contributed by atoms with Crippen molar-refractivity contribution < 1.29 is 9.53 Å². The Labute approximate surface area is 83.6 Å². The number of halogens is 1. The van der Waals surface area contributed by atoms with Gasteiger partial charge in [0, 0.05) is 4.47 Å². The minimum atomic E-state index is -0.337. The Morgan fingerprint density at radius 1 is 1.46 bits per heavy atom. The molecule has 0 aromatic heterocycles. The fourth-order valence-electron chi connectivity index (χ4n) is 1.19. The van der Waals surface area contributed by atoms with Crippen molar-refractivity contribution >= 4 is 22.0 Å². The van der Waals surface area contributed by atoms with Gasteiger partial charge in [0.25, 0.3) is 0 Å². The van der Waals surface area contributed by atoms with Crippen molar-refractivity contribution in [2.75, 3.05) is 0 Å². The molecule has 3 nitrogen and oxygen atoms in total. The number of ether oxygens (including phenoxy) is 1. The van der Waals surface area contributed by atoms with Crippen molar-refractivity contribution in [3.05, 3.63) is 34.3 Å². The molecule has 0 spiro atoms. The van der Waals surface area contributed by atoms with Gasteiger partial charge in [0.1, 0.15) is 6.10 Å². The Bertz CT molecular complexity index is 374. The van der Waals surface area contributed by atoms with Crippen molar-refractivity contribution in [3.8, 4) is 0 Å². The second-order valence-electron chi connectivity index (χ2n) is 2.69. The van der Waals surface area contributed by atoms with Crippen molar-refractivity contribution in [2.24, 2.45) is 4.99 Å². The summed E-state index contributed by atoms with van der Waals surface area (Å²) >= 11 is 3.40. The minimum Gasteiger partial charge on any atom is -0.340 e. The van der Waals surface area contributed by atoms with Gasteiger partial charge in [-0.2, -0.15) is 4.99 Å². The number of aliphatic imine (C=N–C) groups is 1. The first kappa shape index (κ1) is 8.63. The lowest BCUT2D eigenvalue weighted by atomic mass is 10.1. The van der Waals surface area contributed by atoms with Crippen molar-refractivity contribution in [3.63, 3.8) is 0 Å². The number of carbonyl (C=O) groups excluding carboxylic acids is 1. The highest BCUT2D eigenvalue weighted by Crippen LogP contribution is 2.42. The van der Waals surface area contributed by atoms with Gasteiger partial charge in [0.15, 0.2) is 6.23 Å². The summed E-state index contributed by atoms with van der Waals surface area (Å²) in [5.41, 5.74) is 1.02. The van der Waals surface area contributed by atoms with E-state index in [9.17, 15) is 4.79 Å². The van der Waals surface area contributed by atoms with Gasteiger partial charge in [-0.3, -0.25) is 0 Å². The minimum absolute atomic E-state index is 0.0861. The Balaban J connectivity index is 2.20. The van der Waals surface area contributed by atoms with Crippen LogP contribution in [0.5, 0.6) is 0 Å². The lowest BCUT2D eigenvalue weighted by Crippen LogP contribution is -1.85. The molecule has 2 unspecified atom stereocenters. The third kappa shape index (κ3) is 1.70. The highest BCUT2D eigenvalue weighted by molar-refractivity contribution is 9.10. The summed E-state index contributed by atoms with van der Waals surface area (Å²) in [6.07, 6.45) is 1.06. The van der Waals surface area contributed by atoms with E-state index in [2.05, 4.69) is 20.9 Å². The number of benzene rings is 1. The molecule has 0 bridgehead atoms. The molecule has 1 aliphatic rings. The predicted molar refractivity (Wildman–Crippen MR) is 49.9 cm³/mol. The largest absolute Gasteiger partial charge is 0.340 e. The van der Waals surface area contributed by atoms with Crippen molar-refractivity contribution in [1.29, 1.82) is 0 Å². The molecule has 4 heteroatoms. The number of rotatable bonds is 2. The fourth-order valence-corrected chi connectivity index (χ4v) is 1.70. The molecule has 1 saturated heterocycles. The highest BCUT2D eigenvalue weighted by Gasteiger charge is 2.41. The highest BCUT2D eigenvalue weighted by atomic mass is 79.9. The average Bonchev–Trinajstić information content (AvgIpc) is 2.86.